The van der Waals surface area contributed by atoms with E-state index in [4.69, 9.17) is 9.47 Å². The van der Waals surface area contributed by atoms with E-state index in [0.717, 1.165) is 0 Å². The smallest absolute Gasteiger partial charge is 0.344 e. The minimum absolute atomic E-state index is 0.0542. The molecule has 35 heavy (non-hydrogen) atoms. The minimum Gasteiger partial charge on any atom is -0.482 e. The van der Waals surface area contributed by atoms with Gasteiger partial charge >= 0.3 is 5.97 Å². The highest BCUT2D eigenvalue weighted by molar-refractivity contribution is 7.89. The van der Waals surface area contributed by atoms with Gasteiger partial charge in [0, 0.05) is 30.5 Å². The van der Waals surface area contributed by atoms with Gasteiger partial charge in [-0.25, -0.2) is 27.3 Å². The minimum atomic E-state index is -3.75. The summed E-state index contributed by atoms with van der Waals surface area (Å²) < 4.78 is 50.7. The van der Waals surface area contributed by atoms with Crippen LogP contribution in [0.3, 0.4) is 0 Å². The Labute approximate surface area is 203 Å². The van der Waals surface area contributed by atoms with Crippen LogP contribution in [0.1, 0.15) is 12.6 Å². The van der Waals surface area contributed by atoms with Crippen molar-refractivity contribution in [3.63, 3.8) is 0 Å². The number of carbonyl (C=O) groups excluding carboxylic acids is 1. The van der Waals surface area contributed by atoms with Crippen LogP contribution in [0.4, 0.5) is 21.8 Å². The summed E-state index contributed by atoms with van der Waals surface area (Å²) in [5.74, 6) is 0.335. The van der Waals surface area contributed by atoms with Gasteiger partial charge in [-0.15, -0.1) is 0 Å². The van der Waals surface area contributed by atoms with Crippen LogP contribution in [0, 0.1) is 12.7 Å². The van der Waals surface area contributed by atoms with E-state index in [-0.39, 0.29) is 37.0 Å². The number of ether oxygens (including phenoxy) is 2. The van der Waals surface area contributed by atoms with E-state index in [0.29, 0.717) is 28.9 Å². The number of nitrogens with one attached hydrogen (secondary N) is 3. The average Bonchev–Trinajstić information content (AvgIpc) is 2.82. The van der Waals surface area contributed by atoms with Crippen LogP contribution in [0.15, 0.2) is 59.5 Å². The van der Waals surface area contributed by atoms with Gasteiger partial charge in [0.1, 0.15) is 17.4 Å². The number of halogens is 1. The Hall–Kier alpha value is -3.77. The molecule has 10 nitrogen and oxygen atoms in total. The van der Waals surface area contributed by atoms with E-state index in [2.05, 4.69) is 25.3 Å². The highest BCUT2D eigenvalue weighted by Crippen LogP contribution is 2.18. The molecule has 186 valence electrons. The predicted octanol–water partition coefficient (Wildman–Crippen LogP) is 3.00. The van der Waals surface area contributed by atoms with Crippen molar-refractivity contribution in [2.24, 2.45) is 0 Å². The van der Waals surface area contributed by atoms with Crippen molar-refractivity contribution in [3.8, 4) is 5.75 Å². The number of nitrogens with zero attached hydrogens (tertiary/aromatic N) is 2. The van der Waals surface area contributed by atoms with Crippen LogP contribution in [-0.2, 0) is 19.6 Å². The summed E-state index contributed by atoms with van der Waals surface area (Å²) in [4.78, 5) is 20.0. The zero-order valence-electron chi connectivity index (χ0n) is 19.2. The zero-order chi connectivity index (χ0) is 25.3. The number of hydrogen-bond acceptors (Lipinski definition) is 9. The number of benzene rings is 2. The highest BCUT2D eigenvalue weighted by atomic mass is 32.2. The Morgan fingerprint density at radius 2 is 1.74 bits per heavy atom. The van der Waals surface area contributed by atoms with Crippen molar-refractivity contribution in [1.29, 1.82) is 0 Å². The zero-order valence-corrected chi connectivity index (χ0v) is 20.1. The molecule has 0 unspecified atom stereocenters. The van der Waals surface area contributed by atoms with Gasteiger partial charge in [-0.05, 0) is 62.4 Å². The van der Waals surface area contributed by atoms with Crippen molar-refractivity contribution in [3.05, 3.63) is 66.1 Å². The lowest BCUT2D eigenvalue weighted by atomic mass is 10.3. The third-order valence-corrected chi connectivity index (χ3v) is 5.94. The summed E-state index contributed by atoms with van der Waals surface area (Å²) in [6.07, 6.45) is 0. The molecule has 0 amide bonds. The summed E-state index contributed by atoms with van der Waals surface area (Å²) in [5, 5.41) is 6.05. The molecule has 0 fully saturated rings. The highest BCUT2D eigenvalue weighted by Gasteiger charge is 2.14. The SMILES string of the molecule is CCOC(=O)COc1ccc(S(=O)(=O)NCCNc2nc(C)cc(Nc3ccc(F)cc3)n2)cc1. The Morgan fingerprint density at radius 1 is 1.03 bits per heavy atom. The summed E-state index contributed by atoms with van der Waals surface area (Å²) in [6.45, 7) is 3.81. The number of rotatable bonds is 12. The van der Waals surface area contributed by atoms with Crippen LogP contribution in [0.5, 0.6) is 5.75 Å². The van der Waals surface area contributed by atoms with Gasteiger partial charge in [0.05, 0.1) is 11.5 Å². The molecule has 0 bridgehead atoms. The lowest BCUT2D eigenvalue weighted by molar-refractivity contribution is -0.145. The number of aromatic nitrogens is 2. The largest absolute Gasteiger partial charge is 0.482 e. The summed E-state index contributed by atoms with van der Waals surface area (Å²) in [5.41, 5.74) is 1.36. The molecular weight excluding hydrogens is 477 g/mol. The molecule has 0 aliphatic heterocycles. The van der Waals surface area contributed by atoms with Crippen molar-refractivity contribution >= 4 is 33.4 Å². The van der Waals surface area contributed by atoms with E-state index in [9.17, 15) is 17.6 Å². The van der Waals surface area contributed by atoms with Gasteiger partial charge in [-0.2, -0.15) is 4.98 Å². The maximum atomic E-state index is 13.1. The molecule has 0 atom stereocenters. The monoisotopic (exact) mass is 503 g/mol. The lowest BCUT2D eigenvalue weighted by Crippen LogP contribution is -2.29. The molecule has 3 N–H and O–H groups in total. The number of anilines is 3. The van der Waals surface area contributed by atoms with E-state index in [1.165, 1.54) is 36.4 Å². The lowest BCUT2D eigenvalue weighted by Gasteiger charge is -2.11. The average molecular weight is 504 g/mol. The molecule has 2 aromatic carbocycles. The van der Waals surface area contributed by atoms with Crippen LogP contribution in [0.2, 0.25) is 0 Å². The number of hydrogen-bond donors (Lipinski definition) is 3. The van der Waals surface area contributed by atoms with Gasteiger partial charge in [-0.3, -0.25) is 0 Å². The number of carbonyl (C=O) groups is 1. The quantitative estimate of drug-likeness (QED) is 0.252. The topological polar surface area (TPSA) is 132 Å². The molecule has 0 radical (unpaired) electrons. The Morgan fingerprint density at radius 3 is 2.43 bits per heavy atom. The van der Waals surface area contributed by atoms with Crippen LogP contribution in [0.25, 0.3) is 0 Å². The van der Waals surface area contributed by atoms with Crippen LogP contribution < -0.4 is 20.1 Å². The Bertz CT molecular complexity index is 1240. The molecule has 3 aromatic rings. The molecule has 1 heterocycles. The second-order valence-electron chi connectivity index (χ2n) is 7.24. The molecule has 3 rings (SSSR count). The van der Waals surface area contributed by atoms with Crippen molar-refractivity contribution in [2.75, 3.05) is 36.9 Å². The van der Waals surface area contributed by atoms with Gasteiger partial charge in [0.2, 0.25) is 16.0 Å². The molecule has 0 spiro atoms. The maximum absolute atomic E-state index is 13.1. The third kappa shape index (κ3) is 8.19. The Balaban J connectivity index is 1.50. The summed E-state index contributed by atoms with van der Waals surface area (Å²) in [6, 6.07) is 13.3. The summed E-state index contributed by atoms with van der Waals surface area (Å²) in [7, 11) is -3.75. The molecule has 0 aliphatic carbocycles. The first-order valence-electron chi connectivity index (χ1n) is 10.8. The van der Waals surface area contributed by atoms with Crippen molar-refractivity contribution in [1.82, 2.24) is 14.7 Å². The summed E-state index contributed by atoms with van der Waals surface area (Å²) >= 11 is 0. The molecule has 0 aliphatic rings. The van der Waals surface area contributed by atoms with Gasteiger partial charge in [0.25, 0.3) is 0 Å². The van der Waals surface area contributed by atoms with Gasteiger partial charge in [0.15, 0.2) is 6.61 Å². The Kier molecular flexibility index (Phi) is 8.92. The second-order valence-corrected chi connectivity index (χ2v) is 9.01. The van der Waals surface area contributed by atoms with E-state index >= 15 is 0 Å². The first kappa shape index (κ1) is 25.8. The van der Waals surface area contributed by atoms with Crippen LogP contribution in [-0.4, -0.2) is 50.7 Å². The number of esters is 1. The van der Waals surface area contributed by atoms with E-state index < -0.39 is 16.0 Å². The van der Waals surface area contributed by atoms with Gasteiger partial charge < -0.3 is 20.1 Å². The normalized spacial score (nSPS) is 11.1. The predicted molar refractivity (Wildman–Crippen MR) is 129 cm³/mol. The third-order valence-electron chi connectivity index (χ3n) is 4.47. The number of aryl methyl sites for hydroxylation is 1. The van der Waals surface area contributed by atoms with Crippen LogP contribution >= 0.6 is 0 Å². The van der Waals surface area contributed by atoms with Gasteiger partial charge in [-0.1, -0.05) is 0 Å². The molecule has 0 saturated carbocycles. The molecular formula is C23H26FN5O5S. The molecule has 0 saturated heterocycles. The molecule has 12 heteroatoms. The van der Waals surface area contributed by atoms with Crippen molar-refractivity contribution in [2.45, 2.75) is 18.7 Å². The van der Waals surface area contributed by atoms with E-state index in [1.54, 1.807) is 32.0 Å². The number of sulfonamides is 1. The standard InChI is InChI=1S/C23H26FN5O5S/c1-3-33-22(30)15-34-19-8-10-20(11-9-19)35(31,32)26-13-12-25-23-27-16(2)14-21(29-23)28-18-6-4-17(24)5-7-18/h4-11,14,26H,3,12-13,15H2,1-2H3,(H2,25,27,28,29). The fourth-order valence-corrected chi connectivity index (χ4v) is 3.93. The fourth-order valence-electron chi connectivity index (χ4n) is 2.90. The first-order chi connectivity index (χ1) is 16.7. The second kappa shape index (κ2) is 12.1. The molecule has 1 aromatic heterocycles. The fraction of sp³-hybridized carbons (Fsp3) is 0.261. The maximum Gasteiger partial charge on any atom is 0.344 e. The van der Waals surface area contributed by atoms with E-state index in [1.807, 2.05) is 0 Å². The van der Waals surface area contributed by atoms with Crippen molar-refractivity contribution < 1.29 is 27.1 Å². The first-order valence-corrected chi connectivity index (χ1v) is 12.2.